The lowest BCUT2D eigenvalue weighted by Gasteiger charge is -2.29. The minimum Gasteiger partial charge on any atom is -0.323 e. The molecule has 0 radical (unpaired) electrons. The third-order valence-corrected chi connectivity index (χ3v) is 5.94. The minimum absolute atomic E-state index is 0.0715. The van der Waals surface area contributed by atoms with Crippen molar-refractivity contribution in [1.82, 2.24) is 15.5 Å². The molecule has 0 aliphatic carbocycles. The van der Waals surface area contributed by atoms with Crippen molar-refractivity contribution in [1.29, 1.82) is 0 Å². The Kier molecular flexibility index (Phi) is 5.65. The highest BCUT2D eigenvalue weighted by Gasteiger charge is 2.39. The highest BCUT2D eigenvalue weighted by Crippen LogP contribution is 2.28. The zero-order valence-corrected chi connectivity index (χ0v) is 16.9. The van der Waals surface area contributed by atoms with E-state index in [2.05, 4.69) is 17.6 Å². The molecule has 0 spiro atoms. The second-order valence-electron chi connectivity index (χ2n) is 8.00. The summed E-state index contributed by atoms with van der Waals surface area (Å²) >= 11 is 0. The molecule has 0 bridgehead atoms. The predicted molar refractivity (Wildman–Crippen MR) is 112 cm³/mol. The van der Waals surface area contributed by atoms with Gasteiger partial charge in [-0.2, -0.15) is 0 Å². The average molecular weight is 406 g/mol. The van der Waals surface area contributed by atoms with Crippen molar-refractivity contribution in [3.63, 3.8) is 0 Å². The van der Waals surface area contributed by atoms with Crippen LogP contribution in [-0.2, 0) is 22.7 Å². The van der Waals surface area contributed by atoms with Gasteiger partial charge in [0.05, 0.1) is 0 Å². The van der Waals surface area contributed by atoms with E-state index in [1.165, 1.54) is 0 Å². The molecule has 0 saturated carbocycles. The van der Waals surface area contributed by atoms with Crippen molar-refractivity contribution in [2.24, 2.45) is 5.73 Å². The zero-order valence-electron chi connectivity index (χ0n) is 16.9. The van der Waals surface area contributed by atoms with Crippen LogP contribution in [0, 0.1) is 0 Å². The number of nitrogens with one attached hydrogen (secondary N) is 2. The van der Waals surface area contributed by atoms with Crippen LogP contribution in [-0.4, -0.2) is 34.7 Å². The summed E-state index contributed by atoms with van der Waals surface area (Å²) in [4.78, 5) is 37.9. The van der Waals surface area contributed by atoms with E-state index >= 15 is 0 Å². The van der Waals surface area contributed by atoms with Crippen LogP contribution in [0.4, 0.5) is 0 Å². The van der Waals surface area contributed by atoms with Crippen LogP contribution in [0.2, 0.25) is 0 Å². The van der Waals surface area contributed by atoms with Crippen molar-refractivity contribution < 1.29 is 14.4 Å². The van der Waals surface area contributed by atoms with Crippen LogP contribution in [0.5, 0.6) is 0 Å². The summed E-state index contributed by atoms with van der Waals surface area (Å²) in [5.41, 5.74) is 10.0. The molecule has 156 valence electrons. The van der Waals surface area contributed by atoms with E-state index in [1.54, 1.807) is 4.90 Å². The molecule has 30 heavy (non-hydrogen) atoms. The highest BCUT2D eigenvalue weighted by atomic mass is 16.2. The highest BCUT2D eigenvalue weighted by molar-refractivity contribution is 6.05. The fraction of sp³-hybridized carbons (Fsp3) is 0.348. The van der Waals surface area contributed by atoms with Crippen molar-refractivity contribution in [3.05, 3.63) is 70.8 Å². The fourth-order valence-corrected chi connectivity index (χ4v) is 4.11. The van der Waals surface area contributed by atoms with E-state index in [-0.39, 0.29) is 30.3 Å². The second-order valence-corrected chi connectivity index (χ2v) is 8.00. The lowest BCUT2D eigenvalue weighted by Crippen LogP contribution is -2.52. The molecule has 2 aromatic carbocycles. The fourth-order valence-electron chi connectivity index (χ4n) is 4.11. The molecule has 1 fully saturated rings. The molecule has 4 N–H and O–H groups in total. The summed E-state index contributed by atoms with van der Waals surface area (Å²) in [6.45, 7) is 3.06. The largest absolute Gasteiger partial charge is 0.323 e. The van der Waals surface area contributed by atoms with Gasteiger partial charge in [0.2, 0.25) is 11.8 Å². The molecule has 4 rings (SSSR count). The molecule has 0 aromatic heterocycles. The summed E-state index contributed by atoms with van der Waals surface area (Å²) in [7, 11) is 0. The Morgan fingerprint density at radius 1 is 1.17 bits per heavy atom. The molecular weight excluding hydrogens is 380 g/mol. The Morgan fingerprint density at radius 3 is 2.67 bits per heavy atom. The quantitative estimate of drug-likeness (QED) is 0.633. The molecule has 2 aliphatic rings. The number of rotatable bonds is 6. The molecule has 3 atom stereocenters. The van der Waals surface area contributed by atoms with Crippen LogP contribution in [0.3, 0.4) is 0 Å². The van der Waals surface area contributed by atoms with Gasteiger partial charge in [0.25, 0.3) is 5.91 Å². The number of fused-ring (bicyclic) bond motifs is 1. The SMILES string of the molecule is CC(NCc1ccc2c(c1)CN(C1CCC(=O)NC1=O)C2=O)C(N)c1ccccc1. The Balaban J connectivity index is 1.40. The van der Waals surface area contributed by atoms with Crippen LogP contribution in [0.25, 0.3) is 0 Å². The molecule has 2 aromatic rings. The summed E-state index contributed by atoms with van der Waals surface area (Å²) in [6.07, 6.45) is 0.624. The van der Waals surface area contributed by atoms with Gasteiger partial charge >= 0.3 is 0 Å². The number of nitrogens with two attached hydrogens (primary N) is 1. The first-order chi connectivity index (χ1) is 14.4. The van der Waals surface area contributed by atoms with E-state index in [4.69, 9.17) is 5.73 Å². The van der Waals surface area contributed by atoms with Gasteiger partial charge in [-0.25, -0.2) is 0 Å². The van der Waals surface area contributed by atoms with E-state index < -0.39 is 11.9 Å². The van der Waals surface area contributed by atoms with Gasteiger partial charge in [0.15, 0.2) is 0 Å². The van der Waals surface area contributed by atoms with Gasteiger partial charge < -0.3 is 16.0 Å². The van der Waals surface area contributed by atoms with Crippen molar-refractivity contribution in [3.8, 4) is 0 Å². The number of benzene rings is 2. The number of amides is 3. The Labute approximate surface area is 175 Å². The van der Waals surface area contributed by atoms with Gasteiger partial charge in [-0.15, -0.1) is 0 Å². The number of piperidine rings is 1. The van der Waals surface area contributed by atoms with Crippen molar-refractivity contribution in [2.75, 3.05) is 0 Å². The monoisotopic (exact) mass is 406 g/mol. The first-order valence-corrected chi connectivity index (χ1v) is 10.2. The molecule has 7 heteroatoms. The lowest BCUT2D eigenvalue weighted by molar-refractivity contribution is -0.136. The van der Waals surface area contributed by atoms with Gasteiger partial charge in [0.1, 0.15) is 6.04 Å². The molecule has 7 nitrogen and oxygen atoms in total. The van der Waals surface area contributed by atoms with Crippen molar-refractivity contribution in [2.45, 2.75) is 51.0 Å². The van der Waals surface area contributed by atoms with Crippen molar-refractivity contribution >= 4 is 17.7 Å². The Bertz CT molecular complexity index is 976. The van der Waals surface area contributed by atoms with Crippen LogP contribution >= 0.6 is 0 Å². The van der Waals surface area contributed by atoms with Gasteiger partial charge in [-0.1, -0.05) is 42.5 Å². The Hall–Kier alpha value is -3.03. The van der Waals surface area contributed by atoms with E-state index in [0.29, 0.717) is 25.1 Å². The third kappa shape index (κ3) is 3.99. The summed E-state index contributed by atoms with van der Waals surface area (Å²) in [5, 5.41) is 5.79. The average Bonchev–Trinajstić information content (AvgIpc) is 3.07. The maximum absolute atomic E-state index is 12.8. The van der Waals surface area contributed by atoms with E-state index in [0.717, 1.165) is 16.7 Å². The van der Waals surface area contributed by atoms with Crippen LogP contribution < -0.4 is 16.4 Å². The van der Waals surface area contributed by atoms with Crippen LogP contribution in [0.1, 0.15) is 52.9 Å². The molecule has 2 heterocycles. The lowest BCUT2D eigenvalue weighted by atomic mass is 10.0. The standard InChI is InChI=1S/C23H26N4O3/c1-14(21(24)16-5-3-2-4-6-16)25-12-15-7-8-18-17(11-15)13-27(23(18)30)19-9-10-20(28)26-22(19)29/h2-8,11,14,19,21,25H,9-10,12-13,24H2,1H3,(H,26,28,29). The number of carbonyl (C=O) groups excluding carboxylic acids is 3. The number of hydrogen-bond acceptors (Lipinski definition) is 5. The maximum Gasteiger partial charge on any atom is 0.255 e. The first-order valence-electron chi connectivity index (χ1n) is 10.2. The predicted octanol–water partition coefficient (Wildman–Crippen LogP) is 1.63. The molecule has 2 aliphatic heterocycles. The third-order valence-electron chi connectivity index (χ3n) is 5.94. The smallest absolute Gasteiger partial charge is 0.255 e. The van der Waals surface area contributed by atoms with Crippen LogP contribution in [0.15, 0.2) is 48.5 Å². The normalized spacial score (nSPS) is 20.7. The summed E-state index contributed by atoms with van der Waals surface area (Å²) in [6, 6.07) is 15.1. The summed E-state index contributed by atoms with van der Waals surface area (Å²) < 4.78 is 0. The van der Waals surface area contributed by atoms with E-state index in [1.807, 2.05) is 48.5 Å². The maximum atomic E-state index is 12.8. The molecule has 3 unspecified atom stereocenters. The number of nitrogens with zero attached hydrogens (tertiary/aromatic N) is 1. The number of hydrogen-bond donors (Lipinski definition) is 3. The molecule has 1 saturated heterocycles. The topological polar surface area (TPSA) is 105 Å². The minimum atomic E-state index is -0.590. The summed E-state index contributed by atoms with van der Waals surface area (Å²) in [5.74, 6) is -0.826. The number of carbonyl (C=O) groups is 3. The second kappa shape index (κ2) is 8.38. The van der Waals surface area contributed by atoms with Gasteiger partial charge in [-0.3, -0.25) is 19.7 Å². The Morgan fingerprint density at radius 2 is 1.93 bits per heavy atom. The zero-order chi connectivity index (χ0) is 21.3. The number of imide groups is 1. The van der Waals surface area contributed by atoms with Gasteiger partial charge in [-0.05, 0) is 36.1 Å². The molecular formula is C23H26N4O3. The first kappa shape index (κ1) is 20.3. The molecule has 3 amide bonds. The van der Waals surface area contributed by atoms with Gasteiger partial charge in [0, 0.05) is 37.2 Å². The van der Waals surface area contributed by atoms with E-state index in [9.17, 15) is 14.4 Å².